The number of amides is 1. The normalized spacial score (nSPS) is 15.6. The molecule has 1 atom stereocenters. The van der Waals surface area contributed by atoms with Crippen LogP contribution in [0.2, 0.25) is 0 Å². The molecule has 2 heterocycles. The summed E-state index contributed by atoms with van der Waals surface area (Å²) in [7, 11) is -2.17. The molecule has 4 rings (SSSR count). The summed E-state index contributed by atoms with van der Waals surface area (Å²) in [6.07, 6.45) is 2.17. The highest BCUT2D eigenvalue weighted by Crippen LogP contribution is 2.47. The van der Waals surface area contributed by atoms with Crippen molar-refractivity contribution in [2.24, 2.45) is 0 Å². The van der Waals surface area contributed by atoms with E-state index < -0.39 is 9.84 Å². The molecule has 0 aliphatic carbocycles. The van der Waals surface area contributed by atoms with Crippen molar-refractivity contribution in [2.75, 3.05) is 19.0 Å². The summed E-state index contributed by atoms with van der Waals surface area (Å²) in [5.41, 5.74) is 2.25. The fourth-order valence-corrected chi connectivity index (χ4v) is 6.77. The Bertz CT molecular complexity index is 1260. The standard InChI is InChI=1S/C25H27NO5S2/c1-4-5-12-31-21-13-17(8-11-20(21)30-3)19-14-23(27)26-24-22(15-32-25(19)24)33(28,29)18-9-6-16(2)7-10-18/h6-11,13,15,19H,4-5,12,14H2,1-3H3,(H,26,27)/t19-/m1/s1. The molecule has 1 aliphatic rings. The summed E-state index contributed by atoms with van der Waals surface area (Å²) in [6, 6.07) is 12.4. The summed E-state index contributed by atoms with van der Waals surface area (Å²) in [5, 5.41) is 4.44. The van der Waals surface area contributed by atoms with Gasteiger partial charge in [0.05, 0.1) is 24.3 Å². The van der Waals surface area contributed by atoms with Crippen LogP contribution in [-0.2, 0) is 14.6 Å². The van der Waals surface area contributed by atoms with Crippen molar-refractivity contribution in [1.82, 2.24) is 0 Å². The quantitative estimate of drug-likeness (QED) is 0.423. The average Bonchev–Trinajstić information content (AvgIpc) is 3.23. The Morgan fingerprint density at radius 3 is 2.58 bits per heavy atom. The fourth-order valence-electron chi connectivity index (χ4n) is 3.87. The number of fused-ring (bicyclic) bond motifs is 1. The van der Waals surface area contributed by atoms with Crippen molar-refractivity contribution in [2.45, 2.75) is 48.8 Å². The van der Waals surface area contributed by atoms with Crippen LogP contribution in [-0.4, -0.2) is 28.0 Å². The predicted molar refractivity (Wildman–Crippen MR) is 129 cm³/mol. The number of sulfone groups is 1. The second-order valence-corrected chi connectivity index (χ2v) is 10.9. The molecule has 0 saturated carbocycles. The minimum atomic E-state index is -3.77. The van der Waals surface area contributed by atoms with Crippen LogP contribution < -0.4 is 14.8 Å². The Labute approximate surface area is 198 Å². The highest BCUT2D eigenvalue weighted by Gasteiger charge is 2.34. The Morgan fingerprint density at radius 2 is 1.88 bits per heavy atom. The average molecular weight is 486 g/mol. The van der Waals surface area contributed by atoms with E-state index in [0.717, 1.165) is 28.8 Å². The summed E-state index contributed by atoms with van der Waals surface area (Å²) in [4.78, 5) is 13.8. The highest BCUT2D eigenvalue weighted by atomic mass is 32.2. The molecule has 0 unspecified atom stereocenters. The Kier molecular flexibility index (Phi) is 6.76. The van der Waals surface area contributed by atoms with Gasteiger partial charge < -0.3 is 14.8 Å². The lowest BCUT2D eigenvalue weighted by molar-refractivity contribution is -0.116. The van der Waals surface area contributed by atoms with Crippen LogP contribution >= 0.6 is 11.3 Å². The first kappa shape index (κ1) is 23.3. The molecule has 0 spiro atoms. The third-order valence-corrected chi connectivity index (χ3v) is 8.76. The number of anilines is 1. The smallest absolute Gasteiger partial charge is 0.225 e. The van der Waals surface area contributed by atoms with Gasteiger partial charge >= 0.3 is 0 Å². The van der Waals surface area contributed by atoms with Crippen molar-refractivity contribution in [3.8, 4) is 11.5 Å². The molecule has 1 N–H and O–H groups in total. The zero-order valence-corrected chi connectivity index (χ0v) is 20.5. The number of benzene rings is 2. The number of nitrogens with one attached hydrogen (secondary N) is 1. The number of rotatable bonds is 8. The molecule has 8 heteroatoms. The lowest BCUT2D eigenvalue weighted by atomic mass is 9.90. The predicted octanol–water partition coefficient (Wildman–Crippen LogP) is 5.55. The van der Waals surface area contributed by atoms with Gasteiger partial charge in [-0.05, 0) is 43.2 Å². The van der Waals surface area contributed by atoms with Crippen LogP contribution in [0.5, 0.6) is 11.5 Å². The number of methoxy groups -OCH3 is 1. The molecule has 6 nitrogen and oxygen atoms in total. The van der Waals surface area contributed by atoms with E-state index in [-0.39, 0.29) is 28.0 Å². The third kappa shape index (κ3) is 4.63. The van der Waals surface area contributed by atoms with E-state index in [2.05, 4.69) is 12.2 Å². The van der Waals surface area contributed by atoms with Crippen LogP contribution in [0.25, 0.3) is 0 Å². The summed E-state index contributed by atoms with van der Waals surface area (Å²) >= 11 is 1.35. The maximum Gasteiger partial charge on any atom is 0.225 e. The third-order valence-electron chi connectivity index (χ3n) is 5.72. The number of carbonyl (C=O) groups excluding carboxylic acids is 1. The van der Waals surface area contributed by atoms with Gasteiger partial charge in [-0.15, -0.1) is 11.3 Å². The Balaban J connectivity index is 1.74. The van der Waals surface area contributed by atoms with Crippen LogP contribution in [0.3, 0.4) is 0 Å². The second-order valence-electron chi connectivity index (χ2n) is 8.07. The van der Waals surface area contributed by atoms with E-state index in [1.807, 2.05) is 25.1 Å². The van der Waals surface area contributed by atoms with Crippen molar-refractivity contribution >= 4 is 32.8 Å². The summed E-state index contributed by atoms with van der Waals surface area (Å²) in [5.74, 6) is 0.778. The molecule has 33 heavy (non-hydrogen) atoms. The molecule has 3 aromatic rings. The monoisotopic (exact) mass is 485 g/mol. The first-order valence-electron chi connectivity index (χ1n) is 10.9. The molecule has 2 aromatic carbocycles. The first-order valence-corrected chi connectivity index (χ1v) is 13.2. The molecule has 0 saturated heterocycles. The largest absolute Gasteiger partial charge is 0.493 e. The number of carbonyl (C=O) groups is 1. The SMILES string of the molecule is CCCCOc1cc([C@H]2CC(=O)Nc3c(S(=O)(=O)c4ccc(C)cc4)csc32)ccc1OC. The fraction of sp³-hybridized carbons (Fsp3) is 0.320. The van der Waals surface area contributed by atoms with Crippen molar-refractivity contribution in [3.63, 3.8) is 0 Å². The molecule has 1 aromatic heterocycles. The molecule has 1 amide bonds. The van der Waals surface area contributed by atoms with Crippen molar-refractivity contribution in [1.29, 1.82) is 0 Å². The van der Waals surface area contributed by atoms with Gasteiger partial charge in [-0.25, -0.2) is 8.42 Å². The van der Waals surface area contributed by atoms with Crippen LogP contribution in [0.4, 0.5) is 5.69 Å². The van der Waals surface area contributed by atoms with Crippen LogP contribution in [0.15, 0.2) is 57.6 Å². The number of aryl methyl sites for hydroxylation is 1. The lowest BCUT2D eigenvalue weighted by Gasteiger charge is -2.24. The Hall–Kier alpha value is -2.84. The van der Waals surface area contributed by atoms with Gasteiger partial charge in [0.2, 0.25) is 15.7 Å². The molecule has 0 radical (unpaired) electrons. The lowest BCUT2D eigenvalue weighted by Crippen LogP contribution is -2.23. The molecule has 0 fully saturated rings. The minimum absolute atomic E-state index is 0.136. The molecule has 0 bridgehead atoms. The van der Waals surface area contributed by atoms with Gasteiger partial charge in [0.25, 0.3) is 0 Å². The second kappa shape index (κ2) is 9.57. The van der Waals surface area contributed by atoms with Gasteiger partial charge in [0.15, 0.2) is 11.5 Å². The van der Waals surface area contributed by atoms with Crippen molar-refractivity contribution < 1.29 is 22.7 Å². The van der Waals surface area contributed by atoms with E-state index in [1.165, 1.54) is 11.3 Å². The highest BCUT2D eigenvalue weighted by molar-refractivity contribution is 7.91. The van der Waals surface area contributed by atoms with Crippen LogP contribution in [0, 0.1) is 6.92 Å². The van der Waals surface area contributed by atoms with E-state index in [1.54, 1.807) is 36.8 Å². The van der Waals surface area contributed by atoms with Crippen molar-refractivity contribution in [3.05, 3.63) is 63.8 Å². The summed E-state index contributed by atoms with van der Waals surface area (Å²) in [6.45, 7) is 4.58. The summed E-state index contributed by atoms with van der Waals surface area (Å²) < 4.78 is 38.0. The van der Waals surface area contributed by atoms with E-state index >= 15 is 0 Å². The van der Waals surface area contributed by atoms with Gasteiger partial charge in [-0.2, -0.15) is 0 Å². The van der Waals surface area contributed by atoms with Gasteiger partial charge in [0.1, 0.15) is 4.90 Å². The van der Waals surface area contributed by atoms with Gasteiger partial charge in [0, 0.05) is 22.6 Å². The van der Waals surface area contributed by atoms with E-state index in [9.17, 15) is 13.2 Å². The molecular weight excluding hydrogens is 458 g/mol. The zero-order chi connectivity index (χ0) is 23.6. The van der Waals surface area contributed by atoms with E-state index in [0.29, 0.717) is 23.8 Å². The molecular formula is C25H27NO5S2. The number of hydrogen-bond donors (Lipinski definition) is 1. The number of thiophene rings is 1. The minimum Gasteiger partial charge on any atom is -0.493 e. The topological polar surface area (TPSA) is 81.7 Å². The van der Waals surface area contributed by atoms with Gasteiger partial charge in [-0.1, -0.05) is 37.1 Å². The van der Waals surface area contributed by atoms with E-state index in [4.69, 9.17) is 9.47 Å². The van der Waals surface area contributed by atoms with Crippen LogP contribution in [0.1, 0.15) is 48.1 Å². The number of unbranched alkanes of at least 4 members (excludes halogenated alkanes) is 1. The molecule has 1 aliphatic heterocycles. The maximum absolute atomic E-state index is 13.3. The Morgan fingerprint density at radius 1 is 1.12 bits per heavy atom. The number of ether oxygens (including phenoxy) is 2. The van der Waals surface area contributed by atoms with Gasteiger partial charge in [-0.3, -0.25) is 4.79 Å². The zero-order valence-electron chi connectivity index (χ0n) is 18.9. The molecule has 174 valence electrons. The number of hydrogen-bond acceptors (Lipinski definition) is 6. The first-order chi connectivity index (χ1) is 15.8. The maximum atomic E-state index is 13.3.